The molecule has 122 valence electrons. The fraction of sp³-hybridized carbons (Fsp3) is 0.158. The van der Waals surface area contributed by atoms with Crippen molar-refractivity contribution in [3.05, 3.63) is 87.3 Å². The minimum atomic E-state index is 0.0179. The van der Waals surface area contributed by atoms with Gasteiger partial charge in [-0.25, -0.2) is 0 Å². The van der Waals surface area contributed by atoms with Crippen molar-refractivity contribution in [2.45, 2.75) is 13.1 Å². The van der Waals surface area contributed by atoms with E-state index in [4.69, 9.17) is 0 Å². The molecular weight excluding hydrogens is 413 g/mol. The van der Waals surface area contributed by atoms with Crippen molar-refractivity contribution in [2.24, 2.45) is 0 Å². The summed E-state index contributed by atoms with van der Waals surface area (Å²) in [6.45, 7) is 1.27. The Morgan fingerprint density at radius 1 is 1.12 bits per heavy atom. The van der Waals surface area contributed by atoms with Crippen LogP contribution in [-0.4, -0.2) is 27.6 Å². The van der Waals surface area contributed by atoms with Gasteiger partial charge >= 0.3 is 0 Å². The van der Waals surface area contributed by atoms with E-state index >= 15 is 0 Å². The summed E-state index contributed by atoms with van der Waals surface area (Å²) in [5.41, 5.74) is 2.93. The second-order valence-electron chi connectivity index (χ2n) is 5.70. The molecule has 4 nitrogen and oxygen atoms in total. The van der Waals surface area contributed by atoms with Crippen molar-refractivity contribution >= 4 is 28.5 Å². The summed E-state index contributed by atoms with van der Waals surface area (Å²) in [5.74, 6) is 0.0179. The van der Waals surface area contributed by atoms with Crippen LogP contribution in [0.2, 0.25) is 0 Å². The van der Waals surface area contributed by atoms with Crippen LogP contribution in [-0.2, 0) is 13.1 Å². The summed E-state index contributed by atoms with van der Waals surface area (Å²) in [6.07, 6.45) is 3.81. The van der Waals surface area contributed by atoms with E-state index < -0.39 is 0 Å². The van der Waals surface area contributed by atoms with E-state index in [1.165, 1.54) is 5.56 Å². The molecule has 0 N–H and O–H groups in total. The zero-order valence-electron chi connectivity index (χ0n) is 13.4. The Morgan fingerprint density at radius 3 is 2.67 bits per heavy atom. The van der Waals surface area contributed by atoms with Gasteiger partial charge in [0.15, 0.2) is 0 Å². The molecule has 0 atom stereocenters. The van der Waals surface area contributed by atoms with Crippen molar-refractivity contribution in [2.75, 3.05) is 7.05 Å². The molecule has 3 aromatic rings. The number of rotatable bonds is 5. The van der Waals surface area contributed by atoms with Gasteiger partial charge in [-0.1, -0.05) is 36.4 Å². The first-order valence-electron chi connectivity index (χ1n) is 7.68. The van der Waals surface area contributed by atoms with Crippen LogP contribution in [0, 0.1) is 3.57 Å². The highest BCUT2D eigenvalue weighted by molar-refractivity contribution is 14.1. The average Bonchev–Trinajstić information content (AvgIpc) is 3.02. The SMILES string of the molecule is CN(Cc1cnn(Cc2ccccc2)c1)C(=O)c1cccc(I)c1. The number of hydrogen-bond acceptors (Lipinski definition) is 2. The summed E-state index contributed by atoms with van der Waals surface area (Å²) in [5, 5.41) is 4.39. The van der Waals surface area contributed by atoms with Gasteiger partial charge < -0.3 is 4.90 Å². The minimum absolute atomic E-state index is 0.0179. The van der Waals surface area contributed by atoms with Crippen LogP contribution in [0.15, 0.2) is 67.0 Å². The molecular formula is C19H18IN3O. The topological polar surface area (TPSA) is 38.1 Å². The smallest absolute Gasteiger partial charge is 0.253 e. The summed E-state index contributed by atoms with van der Waals surface area (Å²) in [7, 11) is 1.82. The average molecular weight is 431 g/mol. The molecule has 3 rings (SSSR count). The van der Waals surface area contributed by atoms with Gasteiger partial charge in [-0.2, -0.15) is 5.10 Å². The first kappa shape index (κ1) is 16.7. The van der Waals surface area contributed by atoms with Crippen LogP contribution < -0.4 is 0 Å². The summed E-state index contributed by atoms with van der Waals surface area (Å²) in [4.78, 5) is 14.2. The molecule has 0 fully saturated rings. The Morgan fingerprint density at radius 2 is 1.92 bits per heavy atom. The lowest BCUT2D eigenvalue weighted by Crippen LogP contribution is -2.26. The highest BCUT2D eigenvalue weighted by atomic mass is 127. The molecule has 1 amide bonds. The third kappa shape index (κ3) is 4.23. The van der Waals surface area contributed by atoms with Gasteiger partial charge in [-0.15, -0.1) is 0 Å². The largest absolute Gasteiger partial charge is 0.337 e. The Bertz CT molecular complexity index is 829. The Kier molecular flexibility index (Phi) is 5.30. The first-order valence-corrected chi connectivity index (χ1v) is 8.76. The number of benzene rings is 2. The van der Waals surface area contributed by atoms with Crippen molar-refractivity contribution in [3.63, 3.8) is 0 Å². The number of halogens is 1. The molecule has 1 aromatic heterocycles. The normalized spacial score (nSPS) is 10.6. The lowest BCUT2D eigenvalue weighted by molar-refractivity contribution is 0.0785. The van der Waals surface area contributed by atoms with E-state index in [-0.39, 0.29) is 5.91 Å². The van der Waals surface area contributed by atoms with Gasteiger partial charge in [0.2, 0.25) is 0 Å². The number of nitrogens with zero attached hydrogens (tertiary/aromatic N) is 3. The second kappa shape index (κ2) is 7.61. The van der Waals surface area contributed by atoms with Crippen LogP contribution in [0.3, 0.4) is 0 Å². The number of amides is 1. The maximum absolute atomic E-state index is 12.5. The summed E-state index contributed by atoms with van der Waals surface area (Å²) < 4.78 is 2.96. The molecule has 0 unspecified atom stereocenters. The molecule has 0 radical (unpaired) electrons. The van der Waals surface area contributed by atoms with Crippen molar-refractivity contribution in [1.82, 2.24) is 14.7 Å². The number of aromatic nitrogens is 2. The molecule has 0 aliphatic heterocycles. The van der Waals surface area contributed by atoms with E-state index in [1.807, 2.05) is 66.6 Å². The van der Waals surface area contributed by atoms with Crippen molar-refractivity contribution < 1.29 is 4.79 Å². The van der Waals surface area contributed by atoms with Gasteiger partial charge in [0, 0.05) is 34.5 Å². The Labute approximate surface area is 155 Å². The maximum Gasteiger partial charge on any atom is 0.253 e. The van der Waals surface area contributed by atoms with Crippen LogP contribution in [0.4, 0.5) is 0 Å². The molecule has 1 heterocycles. The molecule has 0 aliphatic rings. The third-order valence-electron chi connectivity index (χ3n) is 3.71. The molecule has 24 heavy (non-hydrogen) atoms. The molecule has 0 spiro atoms. The number of hydrogen-bond donors (Lipinski definition) is 0. The minimum Gasteiger partial charge on any atom is -0.337 e. The Balaban J connectivity index is 1.64. The lowest BCUT2D eigenvalue weighted by Gasteiger charge is -2.16. The fourth-order valence-electron chi connectivity index (χ4n) is 2.53. The van der Waals surface area contributed by atoms with Gasteiger partial charge in [-0.3, -0.25) is 9.48 Å². The number of carbonyl (C=O) groups excluding carboxylic acids is 1. The standard InChI is InChI=1S/C19H18IN3O/c1-22(19(24)17-8-5-9-18(20)10-17)12-16-11-21-23(14-16)13-15-6-3-2-4-7-15/h2-11,14H,12-13H2,1H3. The van der Waals surface area contributed by atoms with Crippen molar-refractivity contribution in [1.29, 1.82) is 0 Å². The molecule has 0 saturated carbocycles. The van der Waals surface area contributed by atoms with Gasteiger partial charge in [0.25, 0.3) is 5.91 Å². The molecule has 0 saturated heterocycles. The van der Waals surface area contributed by atoms with E-state index in [1.54, 1.807) is 4.90 Å². The van der Waals surface area contributed by atoms with Crippen LogP contribution >= 0.6 is 22.6 Å². The number of carbonyl (C=O) groups is 1. The summed E-state index contributed by atoms with van der Waals surface area (Å²) in [6, 6.07) is 17.8. The second-order valence-corrected chi connectivity index (χ2v) is 6.95. The highest BCUT2D eigenvalue weighted by Crippen LogP contribution is 2.12. The monoisotopic (exact) mass is 431 g/mol. The lowest BCUT2D eigenvalue weighted by atomic mass is 10.2. The van der Waals surface area contributed by atoms with E-state index in [0.717, 1.165) is 15.7 Å². The van der Waals surface area contributed by atoms with Gasteiger partial charge in [-0.05, 0) is 46.4 Å². The van der Waals surface area contributed by atoms with E-state index in [9.17, 15) is 4.79 Å². The quantitative estimate of drug-likeness (QED) is 0.577. The van der Waals surface area contributed by atoms with Crippen LogP contribution in [0.25, 0.3) is 0 Å². The summed E-state index contributed by atoms with van der Waals surface area (Å²) >= 11 is 2.22. The predicted molar refractivity (Wildman–Crippen MR) is 103 cm³/mol. The van der Waals surface area contributed by atoms with Gasteiger partial charge in [0.05, 0.1) is 12.7 Å². The van der Waals surface area contributed by atoms with Crippen LogP contribution in [0.1, 0.15) is 21.5 Å². The molecule has 2 aromatic carbocycles. The van der Waals surface area contributed by atoms with E-state index in [2.05, 4.69) is 39.8 Å². The zero-order chi connectivity index (χ0) is 16.9. The van der Waals surface area contributed by atoms with Gasteiger partial charge in [0.1, 0.15) is 0 Å². The first-order chi connectivity index (χ1) is 11.6. The molecule has 0 aliphatic carbocycles. The maximum atomic E-state index is 12.5. The zero-order valence-corrected chi connectivity index (χ0v) is 15.6. The predicted octanol–water partition coefficient (Wildman–Crippen LogP) is 3.81. The van der Waals surface area contributed by atoms with E-state index in [0.29, 0.717) is 12.1 Å². The van der Waals surface area contributed by atoms with Crippen molar-refractivity contribution in [3.8, 4) is 0 Å². The fourth-order valence-corrected chi connectivity index (χ4v) is 3.08. The Hall–Kier alpha value is -2.15. The molecule has 0 bridgehead atoms. The highest BCUT2D eigenvalue weighted by Gasteiger charge is 2.13. The third-order valence-corrected chi connectivity index (χ3v) is 4.38. The van der Waals surface area contributed by atoms with Crippen LogP contribution in [0.5, 0.6) is 0 Å². The molecule has 5 heteroatoms.